The lowest BCUT2D eigenvalue weighted by atomic mass is 10.1. The van der Waals surface area contributed by atoms with Crippen molar-refractivity contribution < 1.29 is 5.11 Å². The van der Waals surface area contributed by atoms with Gasteiger partial charge >= 0.3 is 0 Å². The van der Waals surface area contributed by atoms with E-state index in [2.05, 4.69) is 13.8 Å². The molecule has 66 valence electrons. The molecule has 0 aromatic heterocycles. The van der Waals surface area contributed by atoms with Gasteiger partial charge in [0.05, 0.1) is 0 Å². The smallest absolute Gasteiger partial charge is 0.132 e. The maximum atomic E-state index is 9.69. The molecule has 0 atom stereocenters. The van der Waals surface area contributed by atoms with Gasteiger partial charge < -0.3 is 5.11 Å². The van der Waals surface area contributed by atoms with Gasteiger partial charge in [-0.1, -0.05) is 13.0 Å². The topological polar surface area (TPSA) is 20.2 Å². The quantitative estimate of drug-likeness (QED) is 0.709. The molecule has 1 aromatic rings. The first-order chi connectivity index (χ1) is 5.69. The van der Waals surface area contributed by atoms with Crippen LogP contribution in [-0.4, -0.2) is 11.4 Å². The molecule has 0 unspecified atom stereocenters. The fraction of sp³-hybridized carbons (Fsp3) is 0.400. The largest absolute Gasteiger partial charge is 0.506 e. The zero-order valence-corrected chi connectivity index (χ0v) is 8.53. The molecule has 2 heteroatoms. The van der Waals surface area contributed by atoms with Gasteiger partial charge in [-0.05, 0) is 36.8 Å². The third-order valence-corrected chi connectivity index (χ3v) is 2.65. The summed E-state index contributed by atoms with van der Waals surface area (Å²) in [6.07, 6.45) is 2.87. The molecule has 0 spiro atoms. The van der Waals surface area contributed by atoms with Gasteiger partial charge in [0, 0.05) is 4.90 Å². The molecule has 0 amide bonds. The van der Waals surface area contributed by atoms with Crippen molar-refractivity contribution in [2.45, 2.75) is 25.2 Å². The van der Waals surface area contributed by atoms with Crippen LogP contribution in [0.4, 0.5) is 0 Å². The molecule has 1 rings (SSSR count). The molecule has 0 aliphatic rings. The van der Waals surface area contributed by atoms with Crippen molar-refractivity contribution >= 4 is 11.8 Å². The minimum atomic E-state index is 0.454. The summed E-state index contributed by atoms with van der Waals surface area (Å²) >= 11 is 1.59. The normalized spacial score (nSPS) is 10.2. The number of hydrogen-bond donors (Lipinski definition) is 1. The van der Waals surface area contributed by atoms with Crippen molar-refractivity contribution in [2.75, 3.05) is 6.26 Å². The highest BCUT2D eigenvalue weighted by atomic mass is 32.2. The van der Waals surface area contributed by atoms with Gasteiger partial charge in [-0.2, -0.15) is 0 Å². The summed E-state index contributed by atoms with van der Waals surface area (Å²) in [4.78, 5) is 0.979. The number of phenols is 1. The fourth-order valence-corrected chi connectivity index (χ4v) is 1.87. The van der Waals surface area contributed by atoms with Crippen molar-refractivity contribution in [1.29, 1.82) is 0 Å². The molecular formula is C10H14OS. The fourth-order valence-electron chi connectivity index (χ4n) is 1.24. The summed E-state index contributed by atoms with van der Waals surface area (Å²) in [5.74, 6) is 0.454. The van der Waals surface area contributed by atoms with Crippen molar-refractivity contribution in [2.24, 2.45) is 0 Å². The first-order valence-corrected chi connectivity index (χ1v) is 5.28. The zero-order valence-electron chi connectivity index (χ0n) is 7.72. The van der Waals surface area contributed by atoms with Gasteiger partial charge in [-0.25, -0.2) is 0 Å². The molecule has 0 radical (unpaired) electrons. The molecular weight excluding hydrogens is 168 g/mol. The van der Waals surface area contributed by atoms with Crippen LogP contribution in [0, 0.1) is 6.92 Å². The molecule has 0 heterocycles. The van der Waals surface area contributed by atoms with Crippen LogP contribution in [0.3, 0.4) is 0 Å². The van der Waals surface area contributed by atoms with E-state index in [1.54, 1.807) is 11.8 Å². The van der Waals surface area contributed by atoms with E-state index in [0.29, 0.717) is 5.75 Å². The lowest BCUT2D eigenvalue weighted by Crippen LogP contribution is -1.86. The van der Waals surface area contributed by atoms with Crippen molar-refractivity contribution in [3.8, 4) is 5.75 Å². The highest BCUT2D eigenvalue weighted by Crippen LogP contribution is 2.31. The van der Waals surface area contributed by atoms with E-state index in [9.17, 15) is 5.11 Å². The van der Waals surface area contributed by atoms with Crippen molar-refractivity contribution in [3.63, 3.8) is 0 Å². The summed E-state index contributed by atoms with van der Waals surface area (Å²) in [7, 11) is 0. The Hall–Kier alpha value is -0.630. The van der Waals surface area contributed by atoms with Gasteiger partial charge in [-0.3, -0.25) is 0 Å². The molecule has 0 saturated heterocycles. The summed E-state index contributed by atoms with van der Waals surface area (Å²) in [5, 5.41) is 9.69. The highest BCUT2D eigenvalue weighted by Gasteiger charge is 2.05. The molecule has 1 N–H and O–H groups in total. The summed E-state index contributed by atoms with van der Waals surface area (Å²) in [6.45, 7) is 4.11. The Morgan fingerprint density at radius 2 is 2.08 bits per heavy atom. The lowest BCUT2D eigenvalue weighted by molar-refractivity contribution is 0.455. The molecule has 0 bridgehead atoms. The molecule has 0 fully saturated rings. The van der Waals surface area contributed by atoms with E-state index in [-0.39, 0.29) is 0 Å². The van der Waals surface area contributed by atoms with Crippen LogP contribution in [0.5, 0.6) is 5.75 Å². The first kappa shape index (κ1) is 9.46. The molecule has 0 aliphatic carbocycles. The maximum absolute atomic E-state index is 9.69. The number of phenolic OH excluding ortho intramolecular Hbond substituents is 1. The number of rotatable bonds is 2. The minimum absolute atomic E-state index is 0.454. The van der Waals surface area contributed by atoms with Crippen molar-refractivity contribution in [1.82, 2.24) is 0 Å². The molecule has 1 aromatic carbocycles. The van der Waals surface area contributed by atoms with Crippen LogP contribution in [0.2, 0.25) is 0 Å². The second kappa shape index (κ2) is 3.85. The van der Waals surface area contributed by atoms with Crippen LogP contribution in [0.25, 0.3) is 0 Å². The molecule has 1 nitrogen and oxygen atoms in total. The van der Waals surface area contributed by atoms with Crippen LogP contribution in [-0.2, 0) is 6.42 Å². The van der Waals surface area contributed by atoms with Crippen LogP contribution < -0.4 is 0 Å². The third kappa shape index (κ3) is 1.75. The first-order valence-electron chi connectivity index (χ1n) is 4.05. The van der Waals surface area contributed by atoms with E-state index in [1.165, 1.54) is 5.56 Å². The van der Waals surface area contributed by atoms with E-state index >= 15 is 0 Å². The summed E-state index contributed by atoms with van der Waals surface area (Å²) < 4.78 is 0. The predicted octanol–water partition coefficient (Wildman–Crippen LogP) is 2.98. The number of aromatic hydroxyl groups is 1. The van der Waals surface area contributed by atoms with E-state index in [4.69, 9.17) is 0 Å². The van der Waals surface area contributed by atoms with E-state index in [1.807, 2.05) is 18.4 Å². The average molecular weight is 182 g/mol. The summed E-state index contributed by atoms with van der Waals surface area (Å²) in [6, 6.07) is 4.05. The SMILES string of the molecule is CCc1cc(C)cc(SC)c1O. The Bertz CT molecular complexity index is 256. The number of benzene rings is 1. The Balaban J connectivity index is 3.22. The minimum Gasteiger partial charge on any atom is -0.506 e. The van der Waals surface area contributed by atoms with Gasteiger partial charge in [0.2, 0.25) is 0 Å². The highest BCUT2D eigenvalue weighted by molar-refractivity contribution is 7.98. The number of aryl methyl sites for hydroxylation is 2. The Labute approximate surface area is 77.8 Å². The predicted molar refractivity (Wildman–Crippen MR) is 54.0 cm³/mol. The van der Waals surface area contributed by atoms with Crippen LogP contribution in [0.15, 0.2) is 17.0 Å². The van der Waals surface area contributed by atoms with E-state index in [0.717, 1.165) is 16.9 Å². The monoisotopic (exact) mass is 182 g/mol. The average Bonchev–Trinajstić information content (AvgIpc) is 2.08. The Morgan fingerprint density at radius 1 is 1.42 bits per heavy atom. The van der Waals surface area contributed by atoms with Gasteiger partial charge in [0.25, 0.3) is 0 Å². The lowest BCUT2D eigenvalue weighted by Gasteiger charge is -2.07. The molecule has 12 heavy (non-hydrogen) atoms. The van der Waals surface area contributed by atoms with Gasteiger partial charge in [-0.15, -0.1) is 11.8 Å². The molecule has 0 aliphatic heterocycles. The van der Waals surface area contributed by atoms with Gasteiger partial charge in [0.15, 0.2) is 0 Å². The maximum Gasteiger partial charge on any atom is 0.132 e. The van der Waals surface area contributed by atoms with Crippen LogP contribution in [0.1, 0.15) is 18.1 Å². The number of hydrogen-bond acceptors (Lipinski definition) is 2. The Morgan fingerprint density at radius 3 is 2.58 bits per heavy atom. The second-order valence-corrected chi connectivity index (χ2v) is 3.68. The van der Waals surface area contributed by atoms with Crippen LogP contribution >= 0.6 is 11.8 Å². The molecule has 0 saturated carbocycles. The second-order valence-electron chi connectivity index (χ2n) is 2.83. The third-order valence-electron chi connectivity index (χ3n) is 1.90. The van der Waals surface area contributed by atoms with Gasteiger partial charge in [0.1, 0.15) is 5.75 Å². The standard InChI is InChI=1S/C10H14OS/c1-4-8-5-7(2)6-9(12-3)10(8)11/h5-6,11H,4H2,1-3H3. The summed E-state index contributed by atoms with van der Waals surface area (Å²) in [5.41, 5.74) is 2.26. The zero-order chi connectivity index (χ0) is 9.14. The van der Waals surface area contributed by atoms with E-state index < -0.39 is 0 Å². The Kier molecular flexibility index (Phi) is 3.04. The number of thioether (sulfide) groups is 1. The van der Waals surface area contributed by atoms with Crippen molar-refractivity contribution in [3.05, 3.63) is 23.3 Å².